The zero-order valence-electron chi connectivity index (χ0n) is 16.9. The molecule has 3 aliphatic rings. The third-order valence-corrected chi connectivity index (χ3v) is 7.04. The molecule has 2 fully saturated rings. The summed E-state index contributed by atoms with van der Waals surface area (Å²) in [4.78, 5) is 39.9. The number of nitrogens with one attached hydrogen (secondary N) is 1. The number of rotatable bonds is 5. The lowest BCUT2D eigenvalue weighted by Gasteiger charge is -2.46. The quantitative estimate of drug-likeness (QED) is 0.778. The molecule has 2 aromatic carbocycles. The van der Waals surface area contributed by atoms with Gasteiger partial charge in [0.25, 0.3) is 5.91 Å². The minimum atomic E-state index is -0.843. The van der Waals surface area contributed by atoms with Crippen LogP contribution in [0.2, 0.25) is 0 Å². The summed E-state index contributed by atoms with van der Waals surface area (Å²) >= 11 is 0. The van der Waals surface area contributed by atoms with Gasteiger partial charge in [0.2, 0.25) is 11.8 Å². The van der Waals surface area contributed by atoms with Crippen molar-refractivity contribution in [2.24, 2.45) is 11.3 Å². The van der Waals surface area contributed by atoms with E-state index in [1.165, 1.54) is 5.56 Å². The van der Waals surface area contributed by atoms with Crippen molar-refractivity contribution < 1.29 is 19.1 Å². The number of hydrogen-bond acceptors (Lipinski definition) is 4. The Morgan fingerprint density at radius 2 is 1.87 bits per heavy atom. The van der Waals surface area contributed by atoms with Crippen LogP contribution in [0, 0.1) is 11.3 Å². The molecule has 2 aromatic rings. The van der Waals surface area contributed by atoms with Gasteiger partial charge in [-0.15, -0.1) is 0 Å². The molecule has 154 valence electrons. The Morgan fingerprint density at radius 3 is 2.53 bits per heavy atom. The monoisotopic (exact) mass is 404 g/mol. The average Bonchev–Trinajstić information content (AvgIpc) is 3.17. The SMILES string of the molecule is COc1ccc2c(c1)C(=O)N(CC1(C3CC(c4ccccc4)C3)CC(=O)NC1=O)C2. The first-order valence-corrected chi connectivity index (χ1v) is 10.4. The van der Waals surface area contributed by atoms with E-state index in [2.05, 4.69) is 17.4 Å². The van der Waals surface area contributed by atoms with Gasteiger partial charge in [-0.05, 0) is 47.9 Å². The fourth-order valence-electron chi connectivity index (χ4n) is 5.25. The van der Waals surface area contributed by atoms with E-state index >= 15 is 0 Å². The summed E-state index contributed by atoms with van der Waals surface area (Å²) in [6.07, 6.45) is 1.86. The van der Waals surface area contributed by atoms with Crippen molar-refractivity contribution in [3.05, 3.63) is 65.2 Å². The first kappa shape index (κ1) is 18.9. The summed E-state index contributed by atoms with van der Waals surface area (Å²) in [5.74, 6) is 0.540. The van der Waals surface area contributed by atoms with Gasteiger partial charge in [-0.1, -0.05) is 36.4 Å². The maximum absolute atomic E-state index is 13.1. The Hall–Kier alpha value is -3.15. The fourth-order valence-corrected chi connectivity index (χ4v) is 5.25. The van der Waals surface area contributed by atoms with Crippen molar-refractivity contribution >= 4 is 17.7 Å². The molecule has 1 saturated heterocycles. The Kier molecular flexibility index (Phi) is 4.38. The van der Waals surface area contributed by atoms with Crippen LogP contribution in [-0.4, -0.2) is 36.3 Å². The maximum Gasteiger partial charge on any atom is 0.254 e. The molecule has 1 aliphatic carbocycles. The van der Waals surface area contributed by atoms with Crippen molar-refractivity contribution in [1.82, 2.24) is 10.2 Å². The number of benzene rings is 2. The molecule has 5 rings (SSSR count). The number of ether oxygens (including phenoxy) is 1. The topological polar surface area (TPSA) is 75.7 Å². The van der Waals surface area contributed by atoms with Crippen molar-refractivity contribution in [2.45, 2.75) is 31.7 Å². The maximum atomic E-state index is 13.1. The largest absolute Gasteiger partial charge is 0.497 e. The lowest BCUT2D eigenvalue weighted by atomic mass is 9.58. The molecule has 1 unspecified atom stereocenters. The summed E-state index contributed by atoms with van der Waals surface area (Å²) in [7, 11) is 1.57. The van der Waals surface area contributed by atoms with Crippen LogP contribution in [0.15, 0.2) is 48.5 Å². The standard InChI is InChI=1S/C24H24N2O4/c1-30-19-8-7-16-13-26(22(28)20(16)11-19)14-24(12-21(27)25-23(24)29)18-9-17(10-18)15-5-3-2-4-6-15/h2-8,11,17-18H,9-10,12-14H2,1H3,(H,25,27,29). The van der Waals surface area contributed by atoms with Crippen LogP contribution in [0.5, 0.6) is 5.75 Å². The van der Waals surface area contributed by atoms with Gasteiger partial charge >= 0.3 is 0 Å². The van der Waals surface area contributed by atoms with Crippen LogP contribution in [0.25, 0.3) is 0 Å². The molecule has 3 amide bonds. The highest BCUT2D eigenvalue weighted by atomic mass is 16.5. The second-order valence-electron chi connectivity index (χ2n) is 8.67. The van der Waals surface area contributed by atoms with Crippen LogP contribution in [0.3, 0.4) is 0 Å². The summed E-state index contributed by atoms with van der Waals surface area (Å²) in [5.41, 5.74) is 1.97. The smallest absolute Gasteiger partial charge is 0.254 e. The molecule has 1 saturated carbocycles. The third kappa shape index (κ3) is 2.90. The summed E-state index contributed by atoms with van der Waals surface area (Å²) in [6, 6.07) is 15.8. The number of hydrogen-bond donors (Lipinski definition) is 1. The normalized spacial score (nSPS) is 27.6. The zero-order chi connectivity index (χ0) is 20.9. The third-order valence-electron chi connectivity index (χ3n) is 7.04. The predicted octanol–water partition coefficient (Wildman–Crippen LogP) is 2.88. The Labute approximate surface area is 175 Å². The molecule has 0 spiro atoms. The lowest BCUT2D eigenvalue weighted by molar-refractivity contribution is -0.134. The second-order valence-corrected chi connectivity index (χ2v) is 8.67. The van der Waals surface area contributed by atoms with Crippen LogP contribution in [0.1, 0.15) is 46.7 Å². The number of fused-ring (bicyclic) bond motifs is 1. The molecule has 30 heavy (non-hydrogen) atoms. The molecule has 6 heteroatoms. The Morgan fingerprint density at radius 1 is 1.10 bits per heavy atom. The van der Waals surface area contributed by atoms with Crippen LogP contribution < -0.4 is 10.1 Å². The highest BCUT2D eigenvalue weighted by molar-refractivity contribution is 6.07. The van der Waals surface area contributed by atoms with Gasteiger partial charge in [-0.3, -0.25) is 19.7 Å². The fraction of sp³-hybridized carbons (Fsp3) is 0.375. The first-order valence-electron chi connectivity index (χ1n) is 10.4. The lowest BCUT2D eigenvalue weighted by Crippen LogP contribution is -2.51. The van der Waals surface area contributed by atoms with Crippen molar-refractivity contribution in [1.29, 1.82) is 0 Å². The van der Waals surface area contributed by atoms with E-state index in [1.54, 1.807) is 18.1 Å². The van der Waals surface area contributed by atoms with Gasteiger partial charge in [-0.2, -0.15) is 0 Å². The number of carbonyl (C=O) groups is 3. The summed E-state index contributed by atoms with van der Waals surface area (Å²) < 4.78 is 5.25. The van der Waals surface area contributed by atoms with Crippen molar-refractivity contribution in [3.8, 4) is 5.75 Å². The van der Waals surface area contributed by atoms with Crippen molar-refractivity contribution in [2.75, 3.05) is 13.7 Å². The van der Waals surface area contributed by atoms with E-state index in [0.717, 1.165) is 18.4 Å². The van der Waals surface area contributed by atoms with Gasteiger partial charge in [-0.25, -0.2) is 0 Å². The summed E-state index contributed by atoms with van der Waals surface area (Å²) in [6.45, 7) is 0.725. The van der Waals surface area contributed by atoms with Gasteiger partial charge in [0.15, 0.2) is 0 Å². The molecule has 2 heterocycles. The molecule has 0 aromatic heterocycles. The van der Waals surface area contributed by atoms with Gasteiger partial charge in [0.1, 0.15) is 5.75 Å². The number of carbonyl (C=O) groups excluding carboxylic acids is 3. The second kappa shape index (κ2) is 6.97. The van der Waals surface area contributed by atoms with E-state index in [4.69, 9.17) is 4.74 Å². The average molecular weight is 404 g/mol. The molecule has 1 N–H and O–H groups in total. The molecular formula is C24H24N2O4. The molecule has 6 nitrogen and oxygen atoms in total. The molecular weight excluding hydrogens is 380 g/mol. The molecule has 1 atom stereocenters. The van der Waals surface area contributed by atoms with Gasteiger partial charge < -0.3 is 9.64 Å². The molecule has 0 bridgehead atoms. The zero-order valence-corrected chi connectivity index (χ0v) is 16.9. The highest BCUT2D eigenvalue weighted by Crippen LogP contribution is 2.54. The first-order chi connectivity index (χ1) is 14.5. The number of methoxy groups -OCH3 is 1. The minimum absolute atomic E-state index is 0.0835. The Balaban J connectivity index is 1.38. The number of imide groups is 1. The summed E-state index contributed by atoms with van der Waals surface area (Å²) in [5, 5.41) is 2.50. The van der Waals surface area contributed by atoms with Gasteiger partial charge in [0, 0.05) is 25.1 Å². The van der Waals surface area contributed by atoms with Crippen LogP contribution in [-0.2, 0) is 16.1 Å². The van der Waals surface area contributed by atoms with E-state index in [-0.39, 0.29) is 36.6 Å². The van der Waals surface area contributed by atoms with Gasteiger partial charge in [0.05, 0.1) is 12.5 Å². The van der Waals surface area contributed by atoms with E-state index in [9.17, 15) is 14.4 Å². The van der Waals surface area contributed by atoms with E-state index in [0.29, 0.717) is 23.8 Å². The number of amides is 3. The molecule has 2 aliphatic heterocycles. The van der Waals surface area contributed by atoms with Crippen LogP contribution >= 0.6 is 0 Å². The minimum Gasteiger partial charge on any atom is -0.497 e. The van der Waals surface area contributed by atoms with Crippen molar-refractivity contribution in [3.63, 3.8) is 0 Å². The number of nitrogens with zero attached hydrogens (tertiary/aromatic N) is 1. The van der Waals surface area contributed by atoms with E-state index < -0.39 is 5.41 Å². The van der Waals surface area contributed by atoms with E-state index in [1.807, 2.05) is 30.3 Å². The Bertz CT molecular complexity index is 1030. The highest BCUT2D eigenvalue weighted by Gasteiger charge is 2.57. The van der Waals surface area contributed by atoms with Crippen LogP contribution in [0.4, 0.5) is 0 Å². The molecule has 0 radical (unpaired) electrons. The predicted molar refractivity (Wildman–Crippen MR) is 110 cm³/mol.